The normalized spacial score (nSPS) is 13.7. The van der Waals surface area contributed by atoms with Crippen LogP contribution in [0.5, 0.6) is 5.75 Å². The Morgan fingerprint density at radius 1 is 1.23 bits per heavy atom. The molecule has 8 heteroatoms. The number of phenols is 1. The minimum Gasteiger partial charge on any atom is -0.506 e. The van der Waals surface area contributed by atoms with Crippen LogP contribution < -0.4 is 11.0 Å². The number of phenolic OH excluding ortho intramolecular Hbond substituents is 1. The van der Waals surface area contributed by atoms with Crippen molar-refractivity contribution < 1.29 is 14.3 Å². The van der Waals surface area contributed by atoms with E-state index in [2.05, 4.69) is 15.5 Å². The molecule has 3 N–H and O–H groups in total. The Labute approximate surface area is 190 Å². The highest BCUT2D eigenvalue weighted by atomic mass is 127. The second-order valence-corrected chi connectivity index (χ2v) is 8.66. The SMILES string of the molecule is O=C(NN=Cc1c(O)c(I)cc2oc3c(c12)CCCC3)c1cc(=O)[nH]c2ccccc12. The Bertz CT molecular complexity index is 1430. The van der Waals surface area contributed by atoms with E-state index in [1.807, 2.05) is 28.7 Å². The van der Waals surface area contributed by atoms with Gasteiger partial charge >= 0.3 is 0 Å². The van der Waals surface area contributed by atoms with Gasteiger partial charge < -0.3 is 14.5 Å². The Morgan fingerprint density at radius 3 is 2.90 bits per heavy atom. The van der Waals surface area contributed by atoms with E-state index >= 15 is 0 Å². The molecular weight excluding hydrogens is 509 g/mol. The van der Waals surface area contributed by atoms with Gasteiger partial charge in [-0.05, 0) is 54.0 Å². The molecule has 0 spiro atoms. The fraction of sp³-hybridized carbons (Fsp3) is 0.174. The van der Waals surface area contributed by atoms with E-state index in [0.29, 0.717) is 25.6 Å². The summed E-state index contributed by atoms with van der Waals surface area (Å²) in [6.45, 7) is 0. The molecule has 0 saturated carbocycles. The molecular formula is C23H18IN3O4. The van der Waals surface area contributed by atoms with Crippen molar-refractivity contribution in [3.8, 4) is 5.75 Å². The average molecular weight is 527 g/mol. The lowest BCUT2D eigenvalue weighted by Crippen LogP contribution is -2.20. The van der Waals surface area contributed by atoms with Crippen molar-refractivity contribution in [1.29, 1.82) is 0 Å². The number of halogens is 1. The van der Waals surface area contributed by atoms with Crippen LogP contribution in [0.3, 0.4) is 0 Å². The Hall–Kier alpha value is -3.14. The van der Waals surface area contributed by atoms with E-state index in [4.69, 9.17) is 4.42 Å². The van der Waals surface area contributed by atoms with Gasteiger partial charge in [0, 0.05) is 39.9 Å². The molecule has 31 heavy (non-hydrogen) atoms. The summed E-state index contributed by atoms with van der Waals surface area (Å²) in [4.78, 5) is 27.4. The smallest absolute Gasteiger partial charge is 0.272 e. The summed E-state index contributed by atoms with van der Waals surface area (Å²) in [5.74, 6) is 0.548. The van der Waals surface area contributed by atoms with Gasteiger partial charge in [-0.1, -0.05) is 18.2 Å². The van der Waals surface area contributed by atoms with Crippen molar-refractivity contribution in [2.45, 2.75) is 25.7 Å². The molecule has 7 nitrogen and oxygen atoms in total. The Kier molecular flexibility index (Phi) is 5.01. The van der Waals surface area contributed by atoms with Crippen LogP contribution in [0.15, 0.2) is 50.7 Å². The lowest BCUT2D eigenvalue weighted by molar-refractivity contribution is 0.0956. The van der Waals surface area contributed by atoms with Crippen LogP contribution in [0, 0.1) is 3.57 Å². The maximum atomic E-state index is 12.7. The maximum Gasteiger partial charge on any atom is 0.272 e. The van der Waals surface area contributed by atoms with Gasteiger partial charge in [-0.3, -0.25) is 9.59 Å². The number of nitrogens with one attached hydrogen (secondary N) is 2. The first-order valence-electron chi connectivity index (χ1n) is 9.94. The number of aryl methyl sites for hydroxylation is 2. The number of benzene rings is 2. The number of hydrazone groups is 1. The van der Waals surface area contributed by atoms with Crippen molar-refractivity contribution in [2.75, 3.05) is 0 Å². The number of hydrogen-bond donors (Lipinski definition) is 3. The summed E-state index contributed by atoms with van der Waals surface area (Å²) in [5, 5.41) is 16.2. The van der Waals surface area contributed by atoms with Crippen LogP contribution >= 0.6 is 22.6 Å². The number of aromatic nitrogens is 1. The molecule has 156 valence electrons. The molecule has 2 aromatic heterocycles. The average Bonchev–Trinajstić information content (AvgIpc) is 3.13. The first kappa shape index (κ1) is 19.8. The standard InChI is InChI=1S/C23H18IN3O4/c24-16-10-19-21(13-6-2-4-8-18(13)31-19)15(22(16)29)11-25-27-23(30)14-9-20(28)26-17-7-3-1-5-12(14)17/h1,3,5,7,9-11,29H,2,4,6,8H2,(H,26,28)(H,27,30). The van der Waals surface area contributed by atoms with Crippen LogP contribution in [0.25, 0.3) is 21.9 Å². The number of amides is 1. The van der Waals surface area contributed by atoms with Gasteiger partial charge in [-0.15, -0.1) is 0 Å². The Morgan fingerprint density at radius 2 is 2.03 bits per heavy atom. The zero-order chi connectivity index (χ0) is 21.5. The molecule has 0 atom stereocenters. The van der Waals surface area contributed by atoms with E-state index in [9.17, 15) is 14.7 Å². The van der Waals surface area contributed by atoms with E-state index in [0.717, 1.165) is 42.4 Å². The van der Waals surface area contributed by atoms with Crippen molar-refractivity contribution in [3.05, 3.63) is 72.8 Å². The maximum absolute atomic E-state index is 12.7. The third-order valence-electron chi connectivity index (χ3n) is 5.56. The number of H-pyrrole nitrogens is 1. The van der Waals surface area contributed by atoms with Crippen LogP contribution in [-0.2, 0) is 12.8 Å². The second kappa shape index (κ2) is 7.84. The zero-order valence-electron chi connectivity index (χ0n) is 16.4. The highest BCUT2D eigenvalue weighted by Gasteiger charge is 2.23. The largest absolute Gasteiger partial charge is 0.506 e. The number of furan rings is 1. The molecule has 0 fully saturated rings. The minimum absolute atomic E-state index is 0.0990. The molecule has 0 radical (unpaired) electrons. The van der Waals surface area contributed by atoms with E-state index in [1.165, 1.54) is 12.3 Å². The quantitative estimate of drug-likeness (QED) is 0.211. The number of nitrogens with zero attached hydrogens (tertiary/aromatic N) is 1. The van der Waals surface area contributed by atoms with Gasteiger partial charge in [0.25, 0.3) is 5.91 Å². The molecule has 4 aromatic rings. The topological polar surface area (TPSA) is 108 Å². The number of rotatable bonds is 3. The predicted molar refractivity (Wildman–Crippen MR) is 127 cm³/mol. The number of carbonyl (C=O) groups is 1. The lowest BCUT2D eigenvalue weighted by Gasteiger charge is -2.10. The summed E-state index contributed by atoms with van der Waals surface area (Å²) in [7, 11) is 0. The van der Waals surface area contributed by atoms with Gasteiger partial charge in [0.1, 0.15) is 17.1 Å². The first-order valence-corrected chi connectivity index (χ1v) is 11.0. The van der Waals surface area contributed by atoms with Gasteiger partial charge in [0.2, 0.25) is 5.56 Å². The minimum atomic E-state index is -0.505. The van der Waals surface area contributed by atoms with Crippen molar-refractivity contribution in [2.24, 2.45) is 5.10 Å². The molecule has 0 unspecified atom stereocenters. The number of aromatic hydroxyl groups is 1. The number of para-hydroxylation sites is 1. The molecule has 1 aliphatic carbocycles. The fourth-order valence-corrected chi connectivity index (χ4v) is 4.72. The van der Waals surface area contributed by atoms with Gasteiger partial charge in [-0.2, -0.15) is 5.10 Å². The number of fused-ring (bicyclic) bond motifs is 4. The molecule has 2 aromatic carbocycles. The van der Waals surface area contributed by atoms with Crippen molar-refractivity contribution >= 4 is 56.6 Å². The third-order valence-corrected chi connectivity index (χ3v) is 6.38. The number of hydrogen-bond acceptors (Lipinski definition) is 5. The first-order chi connectivity index (χ1) is 15.0. The molecule has 1 amide bonds. The van der Waals surface area contributed by atoms with Crippen LogP contribution in [0.1, 0.15) is 40.1 Å². The lowest BCUT2D eigenvalue weighted by atomic mass is 9.94. The van der Waals surface area contributed by atoms with Crippen molar-refractivity contribution in [1.82, 2.24) is 10.4 Å². The molecule has 1 aliphatic rings. The zero-order valence-corrected chi connectivity index (χ0v) is 18.5. The number of pyridine rings is 1. The molecule has 0 bridgehead atoms. The highest BCUT2D eigenvalue weighted by Crippen LogP contribution is 2.39. The van der Waals surface area contributed by atoms with Crippen LogP contribution in [0.2, 0.25) is 0 Å². The Balaban J connectivity index is 1.52. The van der Waals surface area contributed by atoms with Crippen LogP contribution in [-0.4, -0.2) is 22.2 Å². The molecule has 5 rings (SSSR count). The molecule has 0 aliphatic heterocycles. The van der Waals surface area contributed by atoms with E-state index in [-0.39, 0.29) is 16.9 Å². The van der Waals surface area contributed by atoms with E-state index in [1.54, 1.807) is 24.3 Å². The van der Waals surface area contributed by atoms with E-state index < -0.39 is 5.91 Å². The second-order valence-electron chi connectivity index (χ2n) is 7.50. The summed E-state index contributed by atoms with van der Waals surface area (Å²) in [6.07, 6.45) is 5.35. The molecule has 2 heterocycles. The number of carbonyl (C=O) groups excluding carboxylic acids is 1. The summed E-state index contributed by atoms with van der Waals surface area (Å²) >= 11 is 2.05. The molecule has 0 saturated heterocycles. The summed E-state index contributed by atoms with van der Waals surface area (Å²) in [5.41, 5.74) is 5.25. The van der Waals surface area contributed by atoms with Gasteiger partial charge in [0.05, 0.1) is 15.3 Å². The van der Waals surface area contributed by atoms with Gasteiger partial charge in [0.15, 0.2) is 0 Å². The third kappa shape index (κ3) is 3.50. The van der Waals surface area contributed by atoms with Crippen LogP contribution in [0.4, 0.5) is 0 Å². The fourth-order valence-electron chi connectivity index (χ4n) is 4.15. The number of aromatic amines is 1. The summed E-state index contributed by atoms with van der Waals surface area (Å²) < 4.78 is 6.67. The summed E-state index contributed by atoms with van der Waals surface area (Å²) in [6, 6.07) is 10.1. The van der Waals surface area contributed by atoms with Crippen molar-refractivity contribution in [3.63, 3.8) is 0 Å². The monoisotopic (exact) mass is 527 g/mol. The van der Waals surface area contributed by atoms with Gasteiger partial charge in [-0.25, -0.2) is 5.43 Å². The highest BCUT2D eigenvalue weighted by molar-refractivity contribution is 14.1. The predicted octanol–water partition coefficient (Wildman–Crippen LogP) is 4.23.